The van der Waals surface area contributed by atoms with E-state index in [0.717, 1.165) is 16.7 Å². The fourth-order valence-corrected chi connectivity index (χ4v) is 2.58. The molecule has 0 fully saturated rings. The average Bonchev–Trinajstić information content (AvgIpc) is 2.80. The van der Waals surface area contributed by atoms with Crippen molar-refractivity contribution in [1.82, 2.24) is 14.5 Å². The summed E-state index contributed by atoms with van der Waals surface area (Å²) >= 11 is 1.44. The topological polar surface area (TPSA) is 76.7 Å². The molecule has 86 valence electrons. The minimum absolute atomic E-state index is 0.194. The van der Waals surface area contributed by atoms with Gasteiger partial charge in [0.25, 0.3) is 0 Å². The number of nitrogens with one attached hydrogen (secondary N) is 1. The summed E-state index contributed by atoms with van der Waals surface area (Å²) in [5.41, 5.74) is 8.53. The van der Waals surface area contributed by atoms with Gasteiger partial charge >= 0.3 is 5.69 Å². The van der Waals surface area contributed by atoms with Crippen LogP contribution in [-0.4, -0.2) is 14.5 Å². The Morgan fingerprint density at radius 3 is 3.00 bits per heavy atom. The van der Waals surface area contributed by atoms with Gasteiger partial charge < -0.3 is 10.7 Å². The van der Waals surface area contributed by atoms with Crippen molar-refractivity contribution < 1.29 is 0 Å². The molecule has 0 unspecified atom stereocenters. The molecule has 3 aromatic rings. The van der Waals surface area contributed by atoms with E-state index in [0.29, 0.717) is 10.8 Å². The smallest absolute Gasteiger partial charge is 0.332 e. The van der Waals surface area contributed by atoms with Gasteiger partial charge in [-0.15, -0.1) is 11.3 Å². The molecule has 0 spiro atoms. The molecule has 0 bridgehead atoms. The number of anilines is 1. The van der Waals surface area contributed by atoms with Crippen molar-refractivity contribution >= 4 is 28.1 Å². The summed E-state index contributed by atoms with van der Waals surface area (Å²) in [6.45, 7) is 1.90. The Hall–Kier alpha value is -2.08. The molecule has 3 N–H and O–H groups in total. The van der Waals surface area contributed by atoms with Crippen molar-refractivity contribution in [3.63, 3.8) is 0 Å². The molecule has 0 atom stereocenters. The number of aromatic amines is 1. The van der Waals surface area contributed by atoms with Gasteiger partial charge in [-0.3, -0.25) is 0 Å². The summed E-state index contributed by atoms with van der Waals surface area (Å²) in [6, 6.07) is 5.33. The van der Waals surface area contributed by atoms with E-state index < -0.39 is 0 Å². The lowest BCUT2D eigenvalue weighted by Gasteiger charge is -1.98. The number of nitrogens with zero attached hydrogens (tertiary/aromatic N) is 2. The number of aryl methyl sites for hydroxylation is 1. The van der Waals surface area contributed by atoms with Gasteiger partial charge in [0.1, 0.15) is 0 Å². The summed E-state index contributed by atoms with van der Waals surface area (Å²) in [6.07, 6.45) is 0. The second-order valence-electron chi connectivity index (χ2n) is 3.81. The second kappa shape index (κ2) is 3.46. The highest BCUT2D eigenvalue weighted by molar-refractivity contribution is 7.12. The Kier molecular flexibility index (Phi) is 2.05. The number of rotatable bonds is 1. The summed E-state index contributed by atoms with van der Waals surface area (Å²) in [4.78, 5) is 19.0. The predicted molar refractivity (Wildman–Crippen MR) is 68.7 cm³/mol. The Labute approximate surface area is 101 Å². The van der Waals surface area contributed by atoms with Gasteiger partial charge in [-0.25, -0.2) is 14.3 Å². The average molecular weight is 246 g/mol. The Morgan fingerprint density at radius 1 is 1.47 bits per heavy atom. The predicted octanol–water partition coefficient (Wildman–Crippen LogP) is 1.67. The summed E-state index contributed by atoms with van der Waals surface area (Å²) in [7, 11) is 0. The molecule has 3 rings (SSSR count). The molecule has 6 heteroatoms. The number of hydrogen-bond acceptors (Lipinski definition) is 4. The van der Waals surface area contributed by atoms with Gasteiger partial charge in [0.05, 0.1) is 16.7 Å². The van der Waals surface area contributed by atoms with Gasteiger partial charge in [0, 0.05) is 11.1 Å². The molecule has 0 amide bonds. The molecule has 0 saturated heterocycles. The Bertz CT molecular complexity index is 752. The quantitative estimate of drug-likeness (QED) is 0.641. The normalized spacial score (nSPS) is 11.1. The van der Waals surface area contributed by atoms with E-state index in [-0.39, 0.29) is 5.69 Å². The van der Waals surface area contributed by atoms with E-state index in [2.05, 4.69) is 9.97 Å². The molecule has 5 nitrogen and oxygen atoms in total. The minimum atomic E-state index is -0.194. The van der Waals surface area contributed by atoms with Crippen molar-refractivity contribution in [1.29, 1.82) is 0 Å². The van der Waals surface area contributed by atoms with Crippen LogP contribution in [0.25, 0.3) is 16.2 Å². The Morgan fingerprint density at radius 2 is 2.29 bits per heavy atom. The number of hydrogen-bond donors (Lipinski definition) is 2. The zero-order valence-corrected chi connectivity index (χ0v) is 9.91. The first-order valence-electron chi connectivity index (χ1n) is 5.08. The van der Waals surface area contributed by atoms with Crippen molar-refractivity contribution in [2.45, 2.75) is 6.92 Å². The van der Waals surface area contributed by atoms with E-state index in [1.807, 2.05) is 18.4 Å². The van der Waals surface area contributed by atoms with Gasteiger partial charge in [0.15, 0.2) is 5.13 Å². The molecule has 0 aliphatic rings. The van der Waals surface area contributed by atoms with Crippen LogP contribution in [-0.2, 0) is 0 Å². The molecule has 2 aromatic heterocycles. The van der Waals surface area contributed by atoms with E-state index in [1.165, 1.54) is 11.3 Å². The number of imidazole rings is 1. The molecule has 0 aliphatic heterocycles. The van der Waals surface area contributed by atoms with Crippen LogP contribution in [0.15, 0.2) is 28.4 Å². The van der Waals surface area contributed by atoms with E-state index in [1.54, 1.807) is 16.7 Å². The number of thiazole rings is 1. The SMILES string of the molecule is Cc1csc(-n2c(=O)[nH]c3cc(N)ccc32)n1. The summed E-state index contributed by atoms with van der Waals surface area (Å²) in [5, 5.41) is 2.58. The van der Waals surface area contributed by atoms with Crippen LogP contribution in [0.5, 0.6) is 0 Å². The lowest BCUT2D eigenvalue weighted by molar-refractivity contribution is 0.988. The first-order valence-corrected chi connectivity index (χ1v) is 5.96. The van der Waals surface area contributed by atoms with E-state index >= 15 is 0 Å². The number of fused-ring (bicyclic) bond motifs is 1. The van der Waals surface area contributed by atoms with Crippen molar-refractivity contribution in [3.05, 3.63) is 39.8 Å². The number of benzene rings is 1. The highest BCUT2D eigenvalue weighted by atomic mass is 32.1. The maximum Gasteiger partial charge on any atom is 0.332 e. The molecule has 0 saturated carbocycles. The number of nitrogen functional groups attached to an aromatic ring is 1. The third-order valence-electron chi connectivity index (χ3n) is 2.50. The summed E-state index contributed by atoms with van der Waals surface area (Å²) in [5.74, 6) is 0. The first kappa shape index (κ1) is 10.1. The van der Waals surface area contributed by atoms with Crippen molar-refractivity contribution in [3.8, 4) is 5.13 Å². The third-order valence-corrected chi connectivity index (χ3v) is 3.45. The van der Waals surface area contributed by atoms with Crippen LogP contribution in [0.3, 0.4) is 0 Å². The molecular formula is C11H10N4OS. The number of aromatic nitrogens is 3. The van der Waals surface area contributed by atoms with E-state index in [9.17, 15) is 4.79 Å². The zero-order chi connectivity index (χ0) is 12.0. The highest BCUT2D eigenvalue weighted by Gasteiger charge is 2.11. The standard InChI is InChI=1S/C11H10N4OS/c1-6-5-17-11(13-6)15-9-3-2-7(12)4-8(9)14-10(15)16/h2-5H,12H2,1H3,(H,14,16). The highest BCUT2D eigenvalue weighted by Crippen LogP contribution is 2.20. The Balaban J connectivity index is 2.36. The van der Waals surface area contributed by atoms with E-state index in [4.69, 9.17) is 5.73 Å². The van der Waals surface area contributed by atoms with Crippen molar-refractivity contribution in [2.75, 3.05) is 5.73 Å². The fraction of sp³-hybridized carbons (Fsp3) is 0.0909. The van der Waals surface area contributed by atoms with Gasteiger partial charge in [0.2, 0.25) is 0 Å². The third kappa shape index (κ3) is 1.53. The van der Waals surface area contributed by atoms with Gasteiger partial charge in [-0.2, -0.15) is 0 Å². The molecule has 1 aromatic carbocycles. The molecule has 0 radical (unpaired) electrons. The maximum absolute atomic E-state index is 11.9. The second-order valence-corrected chi connectivity index (χ2v) is 4.65. The summed E-state index contributed by atoms with van der Waals surface area (Å²) < 4.78 is 1.56. The maximum atomic E-state index is 11.9. The molecule has 17 heavy (non-hydrogen) atoms. The minimum Gasteiger partial charge on any atom is -0.399 e. The van der Waals surface area contributed by atoms with Gasteiger partial charge in [-0.1, -0.05) is 0 Å². The first-order chi connectivity index (χ1) is 8.15. The van der Waals surface area contributed by atoms with Crippen LogP contribution < -0.4 is 11.4 Å². The van der Waals surface area contributed by atoms with Crippen LogP contribution in [0.2, 0.25) is 0 Å². The van der Waals surface area contributed by atoms with Crippen LogP contribution in [0.4, 0.5) is 5.69 Å². The lowest BCUT2D eigenvalue weighted by atomic mass is 10.3. The van der Waals surface area contributed by atoms with Crippen LogP contribution in [0, 0.1) is 6.92 Å². The molecular weight excluding hydrogens is 236 g/mol. The van der Waals surface area contributed by atoms with Crippen molar-refractivity contribution in [2.24, 2.45) is 0 Å². The lowest BCUT2D eigenvalue weighted by Crippen LogP contribution is -2.14. The number of H-pyrrole nitrogens is 1. The van der Waals surface area contributed by atoms with Crippen LogP contribution >= 0.6 is 11.3 Å². The molecule has 0 aliphatic carbocycles. The largest absolute Gasteiger partial charge is 0.399 e. The fourth-order valence-electron chi connectivity index (χ4n) is 1.76. The molecule has 2 heterocycles. The van der Waals surface area contributed by atoms with Crippen LogP contribution in [0.1, 0.15) is 5.69 Å². The van der Waals surface area contributed by atoms with Gasteiger partial charge in [-0.05, 0) is 25.1 Å². The monoisotopic (exact) mass is 246 g/mol. The zero-order valence-electron chi connectivity index (χ0n) is 9.10. The number of nitrogens with two attached hydrogens (primary N) is 1.